The quantitative estimate of drug-likeness (QED) is 0.547. The molecule has 1 aliphatic carbocycles. The van der Waals surface area contributed by atoms with Gasteiger partial charge in [-0.25, -0.2) is 9.67 Å². The number of alkyl halides is 3. The number of hydrogen-bond acceptors (Lipinski definition) is 3. The van der Waals surface area contributed by atoms with Crippen molar-refractivity contribution in [1.82, 2.24) is 14.8 Å². The minimum absolute atomic E-state index is 0.224. The molecule has 2 aromatic heterocycles. The summed E-state index contributed by atoms with van der Waals surface area (Å²) in [7, 11) is 0. The molecule has 8 heteroatoms. The Hall–Kier alpha value is -1.86. The summed E-state index contributed by atoms with van der Waals surface area (Å²) in [5, 5.41) is 6.83. The molecule has 0 aliphatic heterocycles. The molecule has 0 bridgehead atoms. The first kappa shape index (κ1) is 17.5. The van der Waals surface area contributed by atoms with Gasteiger partial charge >= 0.3 is 6.18 Å². The summed E-state index contributed by atoms with van der Waals surface area (Å²) in [6.45, 7) is 1.97. The van der Waals surface area contributed by atoms with Crippen molar-refractivity contribution in [1.29, 1.82) is 0 Å². The number of nitrogens with zero attached hydrogens (tertiary/aromatic N) is 3. The Balaban J connectivity index is 1.80. The molecule has 1 aliphatic rings. The van der Waals surface area contributed by atoms with E-state index in [0.717, 1.165) is 28.0 Å². The Morgan fingerprint density at radius 2 is 1.96 bits per heavy atom. The predicted octanol–water partition coefficient (Wildman–Crippen LogP) is 5.79. The second-order valence-electron chi connectivity index (χ2n) is 6.55. The van der Waals surface area contributed by atoms with Gasteiger partial charge < -0.3 is 0 Å². The summed E-state index contributed by atoms with van der Waals surface area (Å²) in [6, 6.07) is 7.04. The zero-order valence-electron chi connectivity index (χ0n) is 13.8. The van der Waals surface area contributed by atoms with Gasteiger partial charge in [0.25, 0.3) is 0 Å². The van der Waals surface area contributed by atoms with Gasteiger partial charge in [0.1, 0.15) is 0 Å². The molecule has 0 spiro atoms. The topological polar surface area (TPSA) is 30.7 Å². The van der Waals surface area contributed by atoms with E-state index < -0.39 is 11.9 Å². The van der Waals surface area contributed by atoms with Crippen LogP contribution in [0.15, 0.2) is 29.6 Å². The molecule has 0 saturated carbocycles. The van der Waals surface area contributed by atoms with Crippen LogP contribution in [0.25, 0.3) is 16.4 Å². The number of aryl methyl sites for hydroxylation is 1. The van der Waals surface area contributed by atoms with E-state index in [-0.39, 0.29) is 11.0 Å². The largest absolute Gasteiger partial charge is 0.433 e. The Kier molecular flexibility index (Phi) is 4.31. The average Bonchev–Trinajstić information content (AvgIpc) is 3.18. The second kappa shape index (κ2) is 6.39. The first-order chi connectivity index (χ1) is 12.3. The highest BCUT2D eigenvalue weighted by atomic mass is 35.5. The average molecular weight is 398 g/mol. The van der Waals surface area contributed by atoms with Crippen LogP contribution in [0.2, 0.25) is 5.02 Å². The number of fused-ring (bicyclic) bond motifs is 1. The van der Waals surface area contributed by atoms with Gasteiger partial charge in [0, 0.05) is 21.5 Å². The smallest absolute Gasteiger partial charge is 0.218 e. The summed E-state index contributed by atoms with van der Waals surface area (Å²) in [5.41, 5.74) is 1.59. The number of thiazole rings is 1. The predicted molar refractivity (Wildman–Crippen MR) is 95.9 cm³/mol. The van der Waals surface area contributed by atoms with Gasteiger partial charge in [0.05, 0.1) is 11.4 Å². The van der Waals surface area contributed by atoms with Crippen LogP contribution in [0.3, 0.4) is 0 Å². The van der Waals surface area contributed by atoms with Gasteiger partial charge in [-0.2, -0.15) is 18.3 Å². The summed E-state index contributed by atoms with van der Waals surface area (Å²) < 4.78 is 42.3. The highest BCUT2D eigenvalue weighted by Gasteiger charge is 2.42. The van der Waals surface area contributed by atoms with Crippen LogP contribution in [0.1, 0.15) is 30.3 Å². The van der Waals surface area contributed by atoms with Crippen molar-refractivity contribution in [3.05, 3.63) is 51.6 Å². The number of benzene rings is 1. The van der Waals surface area contributed by atoms with Crippen LogP contribution >= 0.6 is 22.9 Å². The highest BCUT2D eigenvalue weighted by molar-refractivity contribution is 7.12. The van der Waals surface area contributed by atoms with Crippen LogP contribution in [-0.2, 0) is 19.0 Å². The molecule has 0 N–H and O–H groups in total. The second-order valence-corrected chi connectivity index (χ2v) is 7.83. The van der Waals surface area contributed by atoms with Crippen molar-refractivity contribution in [3.8, 4) is 16.4 Å². The molecular formula is C18H15ClF3N3S. The van der Waals surface area contributed by atoms with E-state index in [1.165, 1.54) is 0 Å². The lowest BCUT2D eigenvalue weighted by atomic mass is 9.87. The van der Waals surface area contributed by atoms with Gasteiger partial charge in [-0.3, -0.25) is 0 Å². The molecule has 4 rings (SSSR count). The van der Waals surface area contributed by atoms with Crippen molar-refractivity contribution in [2.45, 2.75) is 32.4 Å². The lowest BCUT2D eigenvalue weighted by molar-refractivity contribution is -0.143. The SMILES string of the molecule is C[C@H]1CCc2nn(-c3nc(-c4ccc(Cl)cc4)cs3)c(C(F)(F)F)c2C1. The fourth-order valence-electron chi connectivity index (χ4n) is 3.29. The van der Waals surface area contributed by atoms with Crippen molar-refractivity contribution in [2.24, 2.45) is 5.92 Å². The molecule has 3 aromatic rings. The monoisotopic (exact) mass is 397 g/mol. The van der Waals surface area contributed by atoms with Gasteiger partial charge in [-0.05, 0) is 37.3 Å². The Bertz CT molecular complexity index is 944. The standard InChI is InChI=1S/C18H15ClF3N3S/c1-10-2-7-14-13(8-10)16(18(20,21)22)25(24-14)17-23-15(9-26-17)11-3-5-12(19)6-4-11/h3-6,9-10H,2,7-8H2,1H3/t10-/m0/s1. The van der Waals surface area contributed by atoms with E-state index in [0.29, 0.717) is 34.8 Å². The van der Waals surface area contributed by atoms with Crippen molar-refractivity contribution < 1.29 is 13.2 Å². The number of hydrogen-bond donors (Lipinski definition) is 0. The first-order valence-corrected chi connectivity index (χ1v) is 9.48. The summed E-state index contributed by atoms with van der Waals surface area (Å²) in [6.07, 6.45) is -2.64. The molecule has 0 saturated heterocycles. The maximum absolute atomic E-state index is 13.8. The summed E-state index contributed by atoms with van der Waals surface area (Å²) in [5.74, 6) is 0.224. The van der Waals surface area contributed by atoms with E-state index in [1.54, 1.807) is 29.6 Å². The third-order valence-corrected chi connectivity index (χ3v) is 5.64. The first-order valence-electron chi connectivity index (χ1n) is 8.22. The third-order valence-electron chi connectivity index (χ3n) is 4.57. The summed E-state index contributed by atoms with van der Waals surface area (Å²) >= 11 is 7.04. The highest BCUT2D eigenvalue weighted by Crippen LogP contribution is 2.39. The number of rotatable bonds is 2. The van der Waals surface area contributed by atoms with Crippen molar-refractivity contribution >= 4 is 22.9 Å². The molecule has 26 heavy (non-hydrogen) atoms. The molecule has 0 radical (unpaired) electrons. The zero-order chi connectivity index (χ0) is 18.5. The molecule has 136 valence electrons. The lowest BCUT2D eigenvalue weighted by Gasteiger charge is -2.18. The van der Waals surface area contributed by atoms with Crippen LogP contribution < -0.4 is 0 Å². The normalized spacial score (nSPS) is 17.3. The van der Waals surface area contributed by atoms with Crippen LogP contribution in [0, 0.1) is 5.92 Å². The van der Waals surface area contributed by atoms with E-state index >= 15 is 0 Å². The lowest BCUT2D eigenvalue weighted by Crippen LogP contribution is -2.18. The fraction of sp³-hybridized carbons (Fsp3) is 0.333. The maximum atomic E-state index is 13.8. The van der Waals surface area contributed by atoms with Crippen LogP contribution in [0.5, 0.6) is 0 Å². The van der Waals surface area contributed by atoms with Crippen molar-refractivity contribution in [2.75, 3.05) is 0 Å². The molecule has 0 unspecified atom stereocenters. The molecular weight excluding hydrogens is 383 g/mol. The van der Waals surface area contributed by atoms with E-state index in [9.17, 15) is 13.2 Å². The molecule has 2 heterocycles. The Morgan fingerprint density at radius 3 is 2.65 bits per heavy atom. The zero-order valence-corrected chi connectivity index (χ0v) is 15.4. The van der Waals surface area contributed by atoms with Gasteiger partial charge in [0.2, 0.25) is 5.13 Å². The van der Waals surface area contributed by atoms with Crippen LogP contribution in [0.4, 0.5) is 13.2 Å². The fourth-order valence-corrected chi connectivity index (χ4v) is 4.20. The van der Waals surface area contributed by atoms with Gasteiger partial charge in [-0.1, -0.05) is 30.7 Å². The van der Waals surface area contributed by atoms with Crippen molar-refractivity contribution in [3.63, 3.8) is 0 Å². The van der Waals surface area contributed by atoms with E-state index in [4.69, 9.17) is 11.6 Å². The van der Waals surface area contributed by atoms with Gasteiger partial charge in [0.15, 0.2) is 5.69 Å². The van der Waals surface area contributed by atoms with E-state index in [2.05, 4.69) is 10.1 Å². The van der Waals surface area contributed by atoms with E-state index in [1.807, 2.05) is 6.92 Å². The van der Waals surface area contributed by atoms with Gasteiger partial charge in [-0.15, -0.1) is 11.3 Å². The minimum Gasteiger partial charge on any atom is -0.218 e. The molecule has 3 nitrogen and oxygen atoms in total. The maximum Gasteiger partial charge on any atom is 0.433 e. The van der Waals surface area contributed by atoms with Crippen LogP contribution in [-0.4, -0.2) is 14.8 Å². The summed E-state index contributed by atoms with van der Waals surface area (Å²) in [4.78, 5) is 4.39. The third kappa shape index (κ3) is 3.14. The Morgan fingerprint density at radius 1 is 1.23 bits per heavy atom. The molecule has 1 atom stereocenters. The molecule has 0 fully saturated rings. The Labute approximate surface area is 157 Å². The number of aromatic nitrogens is 3. The molecule has 1 aromatic carbocycles. The number of halogens is 4. The minimum atomic E-state index is -4.47. The molecule has 0 amide bonds.